The van der Waals surface area contributed by atoms with Gasteiger partial charge in [-0.2, -0.15) is 4.31 Å². The fourth-order valence-electron chi connectivity index (χ4n) is 1.30. The minimum atomic E-state index is -3.29. The van der Waals surface area contributed by atoms with Gasteiger partial charge in [0.05, 0.1) is 25.0 Å². The molecule has 1 saturated heterocycles. The van der Waals surface area contributed by atoms with Gasteiger partial charge in [-0.3, -0.25) is 0 Å². The van der Waals surface area contributed by atoms with Gasteiger partial charge in [0.2, 0.25) is 10.0 Å². The van der Waals surface area contributed by atoms with Crippen LogP contribution >= 0.6 is 0 Å². The number of likely N-dealkylation sites (N-methyl/N-ethyl adjacent to an activating group) is 1. The van der Waals surface area contributed by atoms with Crippen LogP contribution in [-0.2, 0) is 14.8 Å². The molecule has 0 aromatic rings. The summed E-state index contributed by atoms with van der Waals surface area (Å²) in [6, 6.07) is -0.0588. The van der Waals surface area contributed by atoms with E-state index in [0.29, 0.717) is 13.2 Å². The lowest BCUT2D eigenvalue weighted by molar-refractivity contribution is 0.180. The highest BCUT2D eigenvalue weighted by Crippen LogP contribution is 2.14. The number of hydrogen-bond acceptors (Lipinski definition) is 4. The third-order valence-corrected chi connectivity index (χ3v) is 4.08. The van der Waals surface area contributed by atoms with Crippen LogP contribution in [0.3, 0.4) is 0 Å². The van der Waals surface area contributed by atoms with Crippen molar-refractivity contribution in [3.8, 4) is 0 Å². The predicted molar refractivity (Wildman–Crippen MR) is 47.9 cm³/mol. The fraction of sp³-hybridized carbons (Fsp3) is 1.00. The number of nitrogens with zero attached hydrogens (tertiary/aromatic N) is 1. The summed E-state index contributed by atoms with van der Waals surface area (Å²) in [5.74, 6) is -0.208. The number of sulfonamides is 1. The normalized spacial score (nSPS) is 24.1. The zero-order chi connectivity index (χ0) is 9.90. The summed E-state index contributed by atoms with van der Waals surface area (Å²) in [4.78, 5) is 0. The third-order valence-electron chi connectivity index (χ3n) is 2.21. The largest absolute Gasteiger partial charge is 0.395 e. The molecule has 0 saturated carbocycles. The van der Waals surface area contributed by atoms with Crippen molar-refractivity contribution in [3.05, 3.63) is 0 Å². The van der Waals surface area contributed by atoms with Crippen LogP contribution in [0.15, 0.2) is 0 Å². The Hall–Kier alpha value is -0.170. The van der Waals surface area contributed by atoms with E-state index in [-0.39, 0.29) is 18.4 Å². The number of ether oxygens (including phenoxy) is 1. The van der Waals surface area contributed by atoms with Gasteiger partial charge in [0, 0.05) is 13.7 Å². The summed E-state index contributed by atoms with van der Waals surface area (Å²) in [6.45, 7) is 0.741. The van der Waals surface area contributed by atoms with Crippen molar-refractivity contribution in [1.29, 1.82) is 0 Å². The van der Waals surface area contributed by atoms with Gasteiger partial charge in [0.1, 0.15) is 0 Å². The van der Waals surface area contributed by atoms with Crippen molar-refractivity contribution < 1.29 is 18.3 Å². The smallest absolute Gasteiger partial charge is 0.216 e. The van der Waals surface area contributed by atoms with E-state index < -0.39 is 10.0 Å². The molecule has 0 radical (unpaired) electrons. The molecule has 0 aliphatic carbocycles. The zero-order valence-corrected chi connectivity index (χ0v) is 8.46. The van der Waals surface area contributed by atoms with Crippen molar-refractivity contribution in [1.82, 2.24) is 4.31 Å². The molecule has 6 heteroatoms. The van der Waals surface area contributed by atoms with Crippen LogP contribution in [0.25, 0.3) is 0 Å². The molecule has 1 aliphatic rings. The van der Waals surface area contributed by atoms with Crippen molar-refractivity contribution in [2.45, 2.75) is 12.5 Å². The summed E-state index contributed by atoms with van der Waals surface area (Å²) in [6.07, 6.45) is 0.737. The minimum Gasteiger partial charge on any atom is -0.395 e. The maximum absolute atomic E-state index is 11.4. The number of aliphatic hydroxyl groups excluding tert-OH is 1. The first kappa shape index (κ1) is 10.9. The predicted octanol–water partition coefficient (Wildman–Crippen LogP) is -0.971. The van der Waals surface area contributed by atoms with Crippen LogP contribution in [0.1, 0.15) is 6.42 Å². The average molecular weight is 209 g/mol. The second-order valence-corrected chi connectivity index (χ2v) is 5.22. The zero-order valence-electron chi connectivity index (χ0n) is 7.64. The Morgan fingerprint density at radius 3 is 2.77 bits per heavy atom. The molecular formula is C7H15NO4S. The molecule has 1 rings (SSSR count). The van der Waals surface area contributed by atoms with Gasteiger partial charge in [-0.15, -0.1) is 0 Å². The number of rotatable bonds is 4. The molecule has 1 heterocycles. The SMILES string of the molecule is CN(C1CCOC1)S(=O)(=O)CCO. The van der Waals surface area contributed by atoms with E-state index >= 15 is 0 Å². The summed E-state index contributed by atoms with van der Waals surface area (Å²) >= 11 is 0. The Morgan fingerprint density at radius 1 is 1.62 bits per heavy atom. The Labute approximate surface area is 78.4 Å². The maximum atomic E-state index is 11.4. The highest BCUT2D eigenvalue weighted by molar-refractivity contribution is 7.89. The Kier molecular flexibility index (Phi) is 3.66. The second-order valence-electron chi connectivity index (χ2n) is 3.07. The van der Waals surface area contributed by atoms with E-state index in [2.05, 4.69) is 0 Å². The van der Waals surface area contributed by atoms with E-state index in [1.165, 1.54) is 11.4 Å². The minimum absolute atomic E-state index is 0.0588. The summed E-state index contributed by atoms with van der Waals surface area (Å²) in [5.41, 5.74) is 0. The summed E-state index contributed by atoms with van der Waals surface area (Å²) in [5, 5.41) is 8.56. The number of hydrogen-bond donors (Lipinski definition) is 1. The molecule has 0 spiro atoms. The van der Waals surface area contributed by atoms with Crippen molar-refractivity contribution in [3.63, 3.8) is 0 Å². The second kappa shape index (κ2) is 4.36. The standard InChI is InChI=1S/C7H15NO4S/c1-8(7-2-4-12-6-7)13(10,11)5-3-9/h7,9H,2-6H2,1H3. The van der Waals surface area contributed by atoms with Crippen LogP contribution in [0.5, 0.6) is 0 Å². The van der Waals surface area contributed by atoms with E-state index in [1.807, 2.05) is 0 Å². The number of aliphatic hydroxyl groups is 1. The molecular weight excluding hydrogens is 194 g/mol. The molecule has 1 fully saturated rings. The topological polar surface area (TPSA) is 66.8 Å². The molecule has 1 aliphatic heterocycles. The maximum Gasteiger partial charge on any atom is 0.216 e. The van der Waals surface area contributed by atoms with Crippen LogP contribution in [0.4, 0.5) is 0 Å². The molecule has 0 bridgehead atoms. The van der Waals surface area contributed by atoms with Crippen molar-refractivity contribution in [2.24, 2.45) is 0 Å². The summed E-state index contributed by atoms with van der Waals surface area (Å²) in [7, 11) is -1.76. The van der Waals surface area contributed by atoms with Gasteiger partial charge in [-0.05, 0) is 6.42 Å². The quantitative estimate of drug-likeness (QED) is 0.647. The molecule has 78 valence electrons. The highest BCUT2D eigenvalue weighted by Gasteiger charge is 2.28. The van der Waals surface area contributed by atoms with E-state index in [1.54, 1.807) is 0 Å². The van der Waals surface area contributed by atoms with Gasteiger partial charge < -0.3 is 9.84 Å². The molecule has 1 N–H and O–H groups in total. The van der Waals surface area contributed by atoms with Gasteiger partial charge in [-0.1, -0.05) is 0 Å². The van der Waals surface area contributed by atoms with Gasteiger partial charge in [-0.25, -0.2) is 8.42 Å². The summed E-state index contributed by atoms with van der Waals surface area (Å²) < 4.78 is 29.2. The third kappa shape index (κ3) is 2.63. The lowest BCUT2D eigenvalue weighted by Crippen LogP contribution is -2.39. The van der Waals surface area contributed by atoms with Crippen LogP contribution in [-0.4, -0.2) is 56.5 Å². The lowest BCUT2D eigenvalue weighted by Gasteiger charge is -2.21. The Bertz CT molecular complexity index is 245. The van der Waals surface area contributed by atoms with Crippen molar-refractivity contribution >= 4 is 10.0 Å². The van der Waals surface area contributed by atoms with Crippen LogP contribution in [0, 0.1) is 0 Å². The first-order chi connectivity index (χ1) is 6.08. The van der Waals surface area contributed by atoms with Crippen LogP contribution in [0.2, 0.25) is 0 Å². The van der Waals surface area contributed by atoms with E-state index in [9.17, 15) is 8.42 Å². The van der Waals surface area contributed by atoms with Crippen molar-refractivity contribution in [2.75, 3.05) is 32.6 Å². The van der Waals surface area contributed by atoms with Gasteiger partial charge in [0.25, 0.3) is 0 Å². The lowest BCUT2D eigenvalue weighted by atomic mass is 10.3. The van der Waals surface area contributed by atoms with Gasteiger partial charge >= 0.3 is 0 Å². The first-order valence-corrected chi connectivity index (χ1v) is 5.83. The molecule has 0 amide bonds. The molecule has 5 nitrogen and oxygen atoms in total. The van der Waals surface area contributed by atoms with Crippen LogP contribution < -0.4 is 0 Å². The van der Waals surface area contributed by atoms with Gasteiger partial charge in [0.15, 0.2) is 0 Å². The molecule has 13 heavy (non-hydrogen) atoms. The first-order valence-electron chi connectivity index (χ1n) is 4.22. The Morgan fingerprint density at radius 2 is 2.31 bits per heavy atom. The van der Waals surface area contributed by atoms with E-state index in [4.69, 9.17) is 9.84 Å². The molecule has 1 unspecified atom stereocenters. The molecule has 0 aromatic carbocycles. The monoisotopic (exact) mass is 209 g/mol. The Balaban J connectivity index is 2.59. The van der Waals surface area contributed by atoms with E-state index in [0.717, 1.165) is 6.42 Å². The molecule has 1 atom stereocenters. The fourth-order valence-corrected chi connectivity index (χ4v) is 2.43. The average Bonchev–Trinajstić information content (AvgIpc) is 2.54. The highest BCUT2D eigenvalue weighted by atomic mass is 32.2. The molecule has 0 aromatic heterocycles.